The van der Waals surface area contributed by atoms with Crippen LogP contribution in [-0.2, 0) is 0 Å². The Morgan fingerprint density at radius 2 is 1.58 bits per heavy atom. The topological polar surface area (TPSA) is 26.0 Å². The number of nitrogens with two attached hydrogens (primary N) is 1. The number of unbranched alkanes of at least 4 members (excludes halogenated alkanes) is 8. The molecule has 0 aromatic carbocycles. The minimum Gasteiger partial charge on any atom is -0.324 e. The number of hydrogen-bond donors (Lipinski definition) is 1. The molecule has 0 saturated carbocycles. The van der Waals surface area contributed by atoms with E-state index >= 15 is 0 Å². The molecular weight excluding hydrogens is 250 g/mol. The second-order valence-electron chi connectivity index (χ2n) is 5.66. The van der Waals surface area contributed by atoms with E-state index in [1.54, 1.807) is 0 Å². The summed E-state index contributed by atoms with van der Waals surface area (Å²) < 4.78 is 0. The van der Waals surface area contributed by atoms with Crippen LogP contribution in [0.25, 0.3) is 0 Å². The molecule has 0 saturated heterocycles. The lowest BCUT2D eigenvalue weighted by Crippen LogP contribution is -2.10. The van der Waals surface area contributed by atoms with Gasteiger partial charge in [-0.15, -0.1) is 11.3 Å². The first-order valence-corrected chi connectivity index (χ1v) is 8.93. The van der Waals surface area contributed by atoms with Crippen LogP contribution in [0.3, 0.4) is 0 Å². The predicted molar refractivity (Wildman–Crippen MR) is 87.8 cm³/mol. The van der Waals surface area contributed by atoms with Crippen molar-refractivity contribution in [3.05, 3.63) is 21.9 Å². The van der Waals surface area contributed by atoms with Crippen LogP contribution in [0.4, 0.5) is 0 Å². The molecule has 1 nitrogen and oxygen atoms in total. The molecule has 0 aliphatic heterocycles. The molecule has 0 aliphatic rings. The lowest BCUT2D eigenvalue weighted by molar-refractivity contribution is 0.532. The maximum Gasteiger partial charge on any atom is 0.0305 e. The zero-order valence-corrected chi connectivity index (χ0v) is 13.6. The third-order valence-electron chi connectivity index (χ3n) is 3.92. The molecular formula is C17H31NS. The molecule has 1 aromatic heterocycles. The van der Waals surface area contributed by atoms with Crippen molar-refractivity contribution in [2.24, 2.45) is 5.73 Å². The largest absolute Gasteiger partial charge is 0.324 e. The van der Waals surface area contributed by atoms with Crippen LogP contribution in [0.1, 0.15) is 87.6 Å². The fourth-order valence-corrected chi connectivity index (χ4v) is 3.38. The maximum atomic E-state index is 6.24. The Labute approximate surface area is 123 Å². The fourth-order valence-electron chi connectivity index (χ4n) is 2.61. The molecule has 0 bridgehead atoms. The molecule has 1 aromatic rings. The minimum absolute atomic E-state index is 0.260. The summed E-state index contributed by atoms with van der Waals surface area (Å²) in [4.78, 5) is 1.39. The van der Waals surface area contributed by atoms with E-state index in [-0.39, 0.29) is 6.04 Å². The van der Waals surface area contributed by atoms with Gasteiger partial charge < -0.3 is 5.73 Å². The van der Waals surface area contributed by atoms with Gasteiger partial charge in [-0.05, 0) is 30.4 Å². The lowest BCUT2D eigenvalue weighted by atomic mass is 10.0. The Kier molecular flexibility index (Phi) is 9.19. The van der Waals surface area contributed by atoms with E-state index in [0.29, 0.717) is 0 Å². The average molecular weight is 282 g/mol. The molecule has 2 N–H and O–H groups in total. The molecule has 1 atom stereocenters. The molecule has 1 rings (SSSR count). The fraction of sp³-hybridized carbons (Fsp3) is 0.765. The molecule has 2 heteroatoms. The van der Waals surface area contributed by atoms with Crippen molar-refractivity contribution in [2.45, 2.75) is 84.1 Å². The molecule has 0 aliphatic carbocycles. The van der Waals surface area contributed by atoms with Gasteiger partial charge in [0, 0.05) is 10.9 Å². The second kappa shape index (κ2) is 10.4. The standard InChI is InChI=1S/C17H31NS/c1-3-4-5-6-7-8-9-10-11-12-17(18)16-13-14-19-15(16)2/h13-14,17H,3-12,18H2,1-2H3. The summed E-state index contributed by atoms with van der Waals surface area (Å²) in [5.74, 6) is 0. The third kappa shape index (κ3) is 7.12. The molecule has 1 unspecified atom stereocenters. The van der Waals surface area contributed by atoms with Crippen LogP contribution < -0.4 is 5.73 Å². The summed E-state index contributed by atoms with van der Waals surface area (Å²) in [5, 5.41) is 2.15. The monoisotopic (exact) mass is 281 g/mol. The number of hydrogen-bond acceptors (Lipinski definition) is 2. The highest BCUT2D eigenvalue weighted by Crippen LogP contribution is 2.24. The van der Waals surface area contributed by atoms with Gasteiger partial charge in [0.2, 0.25) is 0 Å². The molecule has 0 amide bonds. The molecule has 0 spiro atoms. The summed E-state index contributed by atoms with van der Waals surface area (Å²) in [5.41, 5.74) is 7.61. The molecule has 1 heterocycles. The quantitative estimate of drug-likeness (QED) is 0.496. The van der Waals surface area contributed by atoms with Crippen molar-refractivity contribution < 1.29 is 0 Å². The normalized spacial score (nSPS) is 12.8. The Hall–Kier alpha value is -0.340. The molecule has 19 heavy (non-hydrogen) atoms. The van der Waals surface area contributed by atoms with E-state index in [9.17, 15) is 0 Å². The Bertz CT molecular complexity index is 319. The van der Waals surface area contributed by atoms with Crippen LogP contribution in [0.15, 0.2) is 11.4 Å². The first-order chi connectivity index (χ1) is 9.25. The van der Waals surface area contributed by atoms with E-state index in [2.05, 4.69) is 25.3 Å². The SMILES string of the molecule is CCCCCCCCCCCC(N)c1ccsc1C. The van der Waals surface area contributed by atoms with E-state index in [0.717, 1.165) is 6.42 Å². The van der Waals surface area contributed by atoms with Gasteiger partial charge in [-0.25, -0.2) is 0 Å². The highest BCUT2D eigenvalue weighted by Gasteiger charge is 2.09. The smallest absolute Gasteiger partial charge is 0.0305 e. The summed E-state index contributed by atoms with van der Waals surface area (Å²) in [7, 11) is 0. The predicted octanol–water partition coefficient (Wildman–Crippen LogP) is 5.98. The van der Waals surface area contributed by atoms with Gasteiger partial charge >= 0.3 is 0 Å². The molecule has 110 valence electrons. The highest BCUT2D eigenvalue weighted by molar-refractivity contribution is 7.10. The molecule has 0 fully saturated rings. The van der Waals surface area contributed by atoms with Crippen LogP contribution in [0.2, 0.25) is 0 Å². The van der Waals surface area contributed by atoms with Gasteiger partial charge in [0.1, 0.15) is 0 Å². The summed E-state index contributed by atoms with van der Waals surface area (Å²) >= 11 is 1.81. The van der Waals surface area contributed by atoms with Gasteiger partial charge in [0.15, 0.2) is 0 Å². The number of aryl methyl sites for hydroxylation is 1. The van der Waals surface area contributed by atoms with E-state index < -0.39 is 0 Å². The van der Waals surface area contributed by atoms with E-state index in [4.69, 9.17) is 5.73 Å². The second-order valence-corrected chi connectivity index (χ2v) is 6.78. The first kappa shape index (κ1) is 16.7. The highest BCUT2D eigenvalue weighted by atomic mass is 32.1. The van der Waals surface area contributed by atoms with E-state index in [1.165, 1.54) is 68.2 Å². The Balaban J connectivity index is 1.95. The van der Waals surface area contributed by atoms with Crippen molar-refractivity contribution in [1.29, 1.82) is 0 Å². The van der Waals surface area contributed by atoms with Gasteiger partial charge in [0.05, 0.1) is 0 Å². The zero-order chi connectivity index (χ0) is 13.9. The molecule has 0 radical (unpaired) electrons. The summed E-state index contributed by atoms with van der Waals surface area (Å²) in [6.07, 6.45) is 13.6. The van der Waals surface area contributed by atoms with Crippen molar-refractivity contribution in [1.82, 2.24) is 0 Å². The van der Waals surface area contributed by atoms with Crippen LogP contribution >= 0.6 is 11.3 Å². The number of rotatable bonds is 11. The van der Waals surface area contributed by atoms with Crippen LogP contribution in [-0.4, -0.2) is 0 Å². The van der Waals surface area contributed by atoms with E-state index in [1.807, 2.05) is 11.3 Å². The summed E-state index contributed by atoms with van der Waals surface area (Å²) in [6.45, 7) is 4.45. The van der Waals surface area contributed by atoms with Crippen molar-refractivity contribution in [2.75, 3.05) is 0 Å². The Morgan fingerprint density at radius 1 is 1.00 bits per heavy atom. The average Bonchev–Trinajstić information content (AvgIpc) is 2.83. The van der Waals surface area contributed by atoms with Crippen LogP contribution in [0, 0.1) is 6.92 Å². The van der Waals surface area contributed by atoms with Crippen molar-refractivity contribution in [3.63, 3.8) is 0 Å². The van der Waals surface area contributed by atoms with Gasteiger partial charge in [0.25, 0.3) is 0 Å². The van der Waals surface area contributed by atoms with Crippen LogP contribution in [0.5, 0.6) is 0 Å². The van der Waals surface area contributed by atoms with Crippen molar-refractivity contribution in [3.8, 4) is 0 Å². The number of thiophene rings is 1. The Morgan fingerprint density at radius 3 is 2.11 bits per heavy atom. The zero-order valence-electron chi connectivity index (χ0n) is 12.8. The van der Waals surface area contributed by atoms with Gasteiger partial charge in [-0.1, -0.05) is 64.7 Å². The minimum atomic E-state index is 0.260. The third-order valence-corrected chi connectivity index (χ3v) is 4.78. The summed E-state index contributed by atoms with van der Waals surface area (Å²) in [6, 6.07) is 2.45. The van der Waals surface area contributed by atoms with Gasteiger partial charge in [-0.2, -0.15) is 0 Å². The lowest BCUT2D eigenvalue weighted by Gasteiger charge is -2.11. The maximum absolute atomic E-state index is 6.24. The van der Waals surface area contributed by atoms with Gasteiger partial charge in [-0.3, -0.25) is 0 Å². The first-order valence-electron chi connectivity index (χ1n) is 8.05. The van der Waals surface area contributed by atoms with Crippen molar-refractivity contribution >= 4 is 11.3 Å².